The fraction of sp³-hybridized carbons (Fsp3) is 0.625. The van der Waals surface area contributed by atoms with Crippen molar-refractivity contribution in [3.8, 4) is 0 Å². The summed E-state index contributed by atoms with van der Waals surface area (Å²) in [6, 6.07) is 6.47. The lowest BCUT2D eigenvalue weighted by atomic mass is 9.80. The van der Waals surface area contributed by atoms with Gasteiger partial charge in [0.15, 0.2) is 0 Å². The molecule has 0 fully saturated rings. The van der Waals surface area contributed by atoms with E-state index < -0.39 is 0 Å². The summed E-state index contributed by atoms with van der Waals surface area (Å²) in [6.45, 7) is 10.1. The molecule has 0 aliphatic heterocycles. The molecule has 0 saturated heterocycles. The molecule has 0 aliphatic rings. The SMILES string of the molecule is CCCNC(C)CC(C)(C)Cc1ccc(Cl)c(Cl)c1. The van der Waals surface area contributed by atoms with Crippen molar-refractivity contribution in [3.63, 3.8) is 0 Å². The van der Waals surface area contributed by atoms with Gasteiger partial charge in [-0.25, -0.2) is 0 Å². The lowest BCUT2D eigenvalue weighted by molar-refractivity contribution is 0.287. The predicted octanol–water partition coefficient (Wildman–Crippen LogP) is 5.34. The number of halogens is 2. The Bertz CT molecular complexity index is 402. The first-order chi connectivity index (χ1) is 8.84. The summed E-state index contributed by atoms with van der Waals surface area (Å²) >= 11 is 12.0. The van der Waals surface area contributed by atoms with Crippen molar-refractivity contribution in [1.82, 2.24) is 5.32 Å². The lowest BCUT2D eigenvalue weighted by Crippen LogP contribution is -2.32. The van der Waals surface area contributed by atoms with Crippen LogP contribution in [0.25, 0.3) is 0 Å². The summed E-state index contributed by atoms with van der Waals surface area (Å²) in [5.41, 5.74) is 1.50. The van der Waals surface area contributed by atoms with Crippen LogP contribution in [0.5, 0.6) is 0 Å². The highest BCUT2D eigenvalue weighted by Gasteiger charge is 2.21. The second-order valence-corrected chi connectivity index (χ2v) is 6.96. The van der Waals surface area contributed by atoms with Crippen LogP contribution in [0, 0.1) is 5.41 Å². The molecule has 1 N–H and O–H groups in total. The van der Waals surface area contributed by atoms with Gasteiger partial charge in [-0.05, 0) is 55.8 Å². The lowest BCUT2D eigenvalue weighted by Gasteiger charge is -2.29. The fourth-order valence-corrected chi connectivity index (χ4v) is 2.89. The average Bonchev–Trinajstić information content (AvgIpc) is 2.30. The molecule has 0 bridgehead atoms. The molecule has 1 nitrogen and oxygen atoms in total. The molecule has 0 aromatic heterocycles. The second kappa shape index (κ2) is 7.52. The van der Waals surface area contributed by atoms with E-state index in [9.17, 15) is 0 Å². The van der Waals surface area contributed by atoms with Gasteiger partial charge in [0, 0.05) is 6.04 Å². The van der Waals surface area contributed by atoms with E-state index in [0.717, 1.165) is 19.4 Å². The van der Waals surface area contributed by atoms with E-state index in [2.05, 4.69) is 39.1 Å². The molecule has 0 heterocycles. The van der Waals surface area contributed by atoms with Gasteiger partial charge in [-0.1, -0.05) is 50.0 Å². The van der Waals surface area contributed by atoms with E-state index in [0.29, 0.717) is 16.1 Å². The van der Waals surface area contributed by atoms with Gasteiger partial charge in [-0.15, -0.1) is 0 Å². The maximum Gasteiger partial charge on any atom is 0.0595 e. The van der Waals surface area contributed by atoms with E-state index in [4.69, 9.17) is 23.2 Å². The fourth-order valence-electron chi connectivity index (χ4n) is 2.57. The normalized spacial score (nSPS) is 13.6. The Kier molecular flexibility index (Phi) is 6.65. The molecule has 0 radical (unpaired) electrons. The second-order valence-electron chi connectivity index (χ2n) is 6.15. The third kappa shape index (κ3) is 6.16. The van der Waals surface area contributed by atoms with Gasteiger partial charge in [-0.2, -0.15) is 0 Å². The van der Waals surface area contributed by atoms with E-state index in [1.54, 1.807) is 0 Å². The Morgan fingerprint density at radius 1 is 1.21 bits per heavy atom. The van der Waals surface area contributed by atoms with Crippen molar-refractivity contribution in [2.45, 2.75) is 53.0 Å². The van der Waals surface area contributed by atoms with Crippen LogP contribution in [0.3, 0.4) is 0 Å². The van der Waals surface area contributed by atoms with Crippen LogP contribution < -0.4 is 5.32 Å². The number of hydrogen-bond donors (Lipinski definition) is 1. The number of nitrogens with one attached hydrogen (secondary N) is 1. The first kappa shape index (κ1) is 16.8. The van der Waals surface area contributed by atoms with Gasteiger partial charge in [0.2, 0.25) is 0 Å². The molecule has 1 rings (SSSR count). The molecule has 0 saturated carbocycles. The summed E-state index contributed by atoms with van der Waals surface area (Å²) in [7, 11) is 0. The molecule has 1 aromatic carbocycles. The van der Waals surface area contributed by atoms with E-state index in [-0.39, 0.29) is 5.41 Å². The van der Waals surface area contributed by atoms with Crippen molar-refractivity contribution in [1.29, 1.82) is 0 Å². The van der Waals surface area contributed by atoms with Gasteiger partial charge < -0.3 is 5.32 Å². The van der Waals surface area contributed by atoms with Gasteiger partial charge in [0.1, 0.15) is 0 Å². The van der Waals surface area contributed by atoms with Gasteiger partial charge in [0.05, 0.1) is 10.0 Å². The zero-order valence-electron chi connectivity index (χ0n) is 12.4. The summed E-state index contributed by atoms with van der Waals surface area (Å²) in [5, 5.41) is 4.82. The topological polar surface area (TPSA) is 12.0 Å². The van der Waals surface area contributed by atoms with Crippen LogP contribution in [-0.4, -0.2) is 12.6 Å². The highest BCUT2D eigenvalue weighted by atomic mass is 35.5. The van der Waals surface area contributed by atoms with Crippen LogP contribution in [-0.2, 0) is 6.42 Å². The quantitative estimate of drug-likeness (QED) is 0.717. The molecule has 108 valence electrons. The van der Waals surface area contributed by atoms with Crippen molar-refractivity contribution in [2.75, 3.05) is 6.54 Å². The number of hydrogen-bond acceptors (Lipinski definition) is 1. The molecular formula is C16H25Cl2N. The van der Waals surface area contributed by atoms with Crippen LogP contribution in [0.2, 0.25) is 10.0 Å². The molecular weight excluding hydrogens is 277 g/mol. The Balaban J connectivity index is 2.60. The standard InChI is InChI=1S/C16H25Cl2N/c1-5-8-19-12(2)10-16(3,4)11-13-6-7-14(17)15(18)9-13/h6-7,9,12,19H,5,8,10-11H2,1-4H3. The zero-order valence-corrected chi connectivity index (χ0v) is 13.9. The molecule has 19 heavy (non-hydrogen) atoms. The Labute approximate surface area is 127 Å². The number of benzene rings is 1. The molecule has 1 aromatic rings. The Morgan fingerprint density at radius 3 is 2.47 bits per heavy atom. The maximum atomic E-state index is 6.07. The third-order valence-corrected chi connectivity index (χ3v) is 4.01. The molecule has 1 unspecified atom stereocenters. The van der Waals surface area contributed by atoms with Gasteiger partial charge in [-0.3, -0.25) is 0 Å². The predicted molar refractivity (Wildman–Crippen MR) is 86.3 cm³/mol. The molecule has 0 spiro atoms. The maximum absolute atomic E-state index is 6.07. The summed E-state index contributed by atoms with van der Waals surface area (Å²) in [4.78, 5) is 0. The first-order valence-electron chi connectivity index (χ1n) is 7.01. The minimum Gasteiger partial charge on any atom is -0.314 e. The van der Waals surface area contributed by atoms with Crippen molar-refractivity contribution in [3.05, 3.63) is 33.8 Å². The average molecular weight is 302 g/mol. The largest absolute Gasteiger partial charge is 0.314 e. The van der Waals surface area contributed by atoms with E-state index in [1.807, 2.05) is 12.1 Å². The van der Waals surface area contributed by atoms with Crippen LogP contribution in [0.1, 0.15) is 46.1 Å². The Morgan fingerprint density at radius 2 is 1.89 bits per heavy atom. The molecule has 0 aliphatic carbocycles. The minimum absolute atomic E-state index is 0.247. The monoisotopic (exact) mass is 301 g/mol. The molecule has 0 amide bonds. The van der Waals surface area contributed by atoms with Crippen molar-refractivity contribution >= 4 is 23.2 Å². The number of rotatable bonds is 7. The highest BCUT2D eigenvalue weighted by molar-refractivity contribution is 6.42. The van der Waals surface area contributed by atoms with Gasteiger partial charge >= 0.3 is 0 Å². The van der Waals surface area contributed by atoms with Crippen LogP contribution in [0.4, 0.5) is 0 Å². The van der Waals surface area contributed by atoms with Crippen molar-refractivity contribution in [2.24, 2.45) is 5.41 Å². The van der Waals surface area contributed by atoms with E-state index in [1.165, 1.54) is 12.0 Å². The third-order valence-electron chi connectivity index (χ3n) is 3.27. The van der Waals surface area contributed by atoms with E-state index >= 15 is 0 Å². The first-order valence-corrected chi connectivity index (χ1v) is 7.77. The molecule has 1 atom stereocenters. The highest BCUT2D eigenvalue weighted by Crippen LogP contribution is 2.30. The minimum atomic E-state index is 0.247. The Hall–Kier alpha value is -0.240. The van der Waals surface area contributed by atoms with Crippen LogP contribution in [0.15, 0.2) is 18.2 Å². The smallest absolute Gasteiger partial charge is 0.0595 e. The summed E-state index contributed by atoms with van der Waals surface area (Å²) in [6.07, 6.45) is 3.34. The summed E-state index contributed by atoms with van der Waals surface area (Å²) in [5.74, 6) is 0. The van der Waals surface area contributed by atoms with Gasteiger partial charge in [0.25, 0.3) is 0 Å². The molecule has 3 heteroatoms. The zero-order chi connectivity index (χ0) is 14.5. The summed E-state index contributed by atoms with van der Waals surface area (Å²) < 4.78 is 0. The van der Waals surface area contributed by atoms with Crippen molar-refractivity contribution < 1.29 is 0 Å². The van der Waals surface area contributed by atoms with Crippen LogP contribution >= 0.6 is 23.2 Å².